The second-order valence-corrected chi connectivity index (χ2v) is 8.40. The number of aromatic amines is 1. The Balaban J connectivity index is 1.97. The number of amides is 2. The monoisotopic (exact) mass is 405 g/mol. The maximum absolute atomic E-state index is 13.0. The van der Waals surface area contributed by atoms with Crippen LogP contribution in [0.5, 0.6) is 0 Å². The molecule has 1 aromatic rings. The van der Waals surface area contributed by atoms with E-state index in [0.717, 1.165) is 19.3 Å². The number of aryl methyl sites for hydroxylation is 1. The number of nitrogens with zero attached hydrogens (tertiary/aromatic N) is 1. The summed E-state index contributed by atoms with van der Waals surface area (Å²) in [5, 5.41) is 3.01. The molecule has 2 N–H and O–H groups in total. The van der Waals surface area contributed by atoms with Gasteiger partial charge in [-0.2, -0.15) is 0 Å². The van der Waals surface area contributed by atoms with E-state index < -0.39 is 5.97 Å². The Labute approximate surface area is 173 Å². The van der Waals surface area contributed by atoms with Gasteiger partial charge in [0.1, 0.15) is 5.69 Å². The molecule has 7 nitrogen and oxygen atoms in total. The van der Waals surface area contributed by atoms with E-state index in [4.69, 9.17) is 4.74 Å². The van der Waals surface area contributed by atoms with Crippen LogP contribution in [0.15, 0.2) is 0 Å². The molecule has 0 aromatic carbocycles. The molecule has 1 aromatic heterocycles. The summed E-state index contributed by atoms with van der Waals surface area (Å²) in [5.74, 6) is -0.118. The Hall–Kier alpha value is -2.31. The van der Waals surface area contributed by atoms with Crippen molar-refractivity contribution in [3.8, 4) is 0 Å². The minimum atomic E-state index is -0.406. The third kappa shape index (κ3) is 5.84. The highest BCUT2D eigenvalue weighted by atomic mass is 16.5. The second kappa shape index (κ2) is 9.94. The van der Waals surface area contributed by atoms with Crippen molar-refractivity contribution in [3.63, 3.8) is 0 Å². The number of nitrogens with one attached hydrogen (secondary N) is 2. The number of likely N-dealkylation sites (tertiary alicyclic amines) is 1. The summed E-state index contributed by atoms with van der Waals surface area (Å²) in [6.45, 7) is 12.4. The number of carbonyl (C=O) groups is 3. The van der Waals surface area contributed by atoms with Gasteiger partial charge in [-0.3, -0.25) is 9.59 Å². The lowest BCUT2D eigenvalue weighted by Crippen LogP contribution is -2.40. The molecule has 0 bridgehead atoms. The largest absolute Gasteiger partial charge is 0.459 e. The van der Waals surface area contributed by atoms with Gasteiger partial charge in [-0.25, -0.2) is 4.79 Å². The van der Waals surface area contributed by atoms with Crippen LogP contribution in [0.1, 0.15) is 85.5 Å². The molecule has 0 spiro atoms. The molecule has 2 rings (SSSR count). The van der Waals surface area contributed by atoms with Crippen molar-refractivity contribution in [1.82, 2.24) is 15.2 Å². The Morgan fingerprint density at radius 1 is 1.17 bits per heavy atom. The van der Waals surface area contributed by atoms with Crippen LogP contribution >= 0.6 is 0 Å². The number of piperidine rings is 1. The third-order valence-corrected chi connectivity index (χ3v) is 5.59. The molecule has 1 aliphatic rings. The fraction of sp³-hybridized carbons (Fsp3) is 0.682. The Kier molecular flexibility index (Phi) is 7.88. The number of hydrogen-bond acceptors (Lipinski definition) is 4. The highest BCUT2D eigenvalue weighted by molar-refractivity contribution is 6.00. The molecule has 1 aliphatic heterocycles. The first-order chi connectivity index (χ1) is 13.6. The SMILES string of the molecule is CCC(C)NC(=O)CC1CCN(C(=O)c2[nH]c(C)c(C(=O)OC(C)C)c2C)CC1. The molecule has 0 aliphatic carbocycles. The zero-order chi connectivity index (χ0) is 21.7. The van der Waals surface area contributed by atoms with Crippen molar-refractivity contribution in [1.29, 1.82) is 0 Å². The topological polar surface area (TPSA) is 91.5 Å². The average molecular weight is 406 g/mol. The summed E-state index contributed by atoms with van der Waals surface area (Å²) < 4.78 is 5.30. The van der Waals surface area contributed by atoms with Crippen LogP contribution in [0.3, 0.4) is 0 Å². The number of rotatable bonds is 7. The maximum atomic E-state index is 13.0. The second-order valence-electron chi connectivity index (χ2n) is 8.40. The summed E-state index contributed by atoms with van der Waals surface area (Å²) in [6, 6.07) is 0.194. The molecule has 2 amide bonds. The quantitative estimate of drug-likeness (QED) is 0.681. The van der Waals surface area contributed by atoms with Crippen molar-refractivity contribution in [2.24, 2.45) is 5.92 Å². The molecule has 1 fully saturated rings. The van der Waals surface area contributed by atoms with Gasteiger partial charge in [0.05, 0.1) is 11.7 Å². The summed E-state index contributed by atoms with van der Waals surface area (Å²) in [7, 11) is 0. The normalized spacial score (nSPS) is 16.0. The molecule has 0 saturated carbocycles. The molecule has 2 heterocycles. The van der Waals surface area contributed by atoms with Crippen molar-refractivity contribution in [2.75, 3.05) is 13.1 Å². The molecule has 7 heteroatoms. The van der Waals surface area contributed by atoms with Crippen molar-refractivity contribution >= 4 is 17.8 Å². The minimum Gasteiger partial charge on any atom is -0.459 e. The van der Waals surface area contributed by atoms with Crippen LogP contribution in [-0.2, 0) is 9.53 Å². The smallest absolute Gasteiger partial charge is 0.340 e. The predicted octanol–water partition coefficient (Wildman–Crippen LogP) is 3.35. The molecule has 1 unspecified atom stereocenters. The standard InChI is InChI=1S/C22H35N3O4/c1-7-14(4)23-18(26)12-17-8-10-25(11-9-17)21(27)20-15(5)19(16(6)24-20)22(28)29-13(2)3/h13-14,17,24H,7-12H2,1-6H3,(H,23,26). The van der Waals surface area contributed by atoms with E-state index in [1.165, 1.54) is 0 Å². The van der Waals surface area contributed by atoms with Crippen molar-refractivity contribution < 1.29 is 19.1 Å². The van der Waals surface area contributed by atoms with Crippen LogP contribution in [-0.4, -0.2) is 52.9 Å². The zero-order valence-corrected chi connectivity index (χ0v) is 18.6. The van der Waals surface area contributed by atoms with Crippen LogP contribution in [0.2, 0.25) is 0 Å². The molecule has 162 valence electrons. The van der Waals surface area contributed by atoms with Gasteiger partial charge in [0.15, 0.2) is 0 Å². The van der Waals surface area contributed by atoms with Crippen molar-refractivity contribution in [2.45, 2.75) is 79.4 Å². The highest BCUT2D eigenvalue weighted by Crippen LogP contribution is 2.25. The molecule has 29 heavy (non-hydrogen) atoms. The van der Waals surface area contributed by atoms with E-state index in [1.54, 1.807) is 32.6 Å². The Bertz CT molecular complexity index is 745. The van der Waals surface area contributed by atoms with Gasteiger partial charge in [0, 0.05) is 31.2 Å². The summed E-state index contributed by atoms with van der Waals surface area (Å²) >= 11 is 0. The van der Waals surface area contributed by atoms with Gasteiger partial charge in [-0.05, 0) is 65.4 Å². The lowest BCUT2D eigenvalue weighted by molar-refractivity contribution is -0.122. The Morgan fingerprint density at radius 3 is 2.34 bits per heavy atom. The van der Waals surface area contributed by atoms with Crippen LogP contribution in [0.25, 0.3) is 0 Å². The number of hydrogen-bond donors (Lipinski definition) is 2. The first-order valence-electron chi connectivity index (χ1n) is 10.6. The fourth-order valence-corrected chi connectivity index (χ4v) is 3.74. The molecule has 1 saturated heterocycles. The van der Waals surface area contributed by atoms with Gasteiger partial charge in [0.2, 0.25) is 5.91 Å². The van der Waals surface area contributed by atoms with E-state index in [-0.39, 0.29) is 24.0 Å². The summed E-state index contributed by atoms with van der Waals surface area (Å²) in [6.07, 6.45) is 2.83. The van der Waals surface area contributed by atoms with E-state index in [2.05, 4.69) is 10.3 Å². The van der Waals surface area contributed by atoms with Gasteiger partial charge < -0.3 is 19.9 Å². The number of ether oxygens (including phenoxy) is 1. The predicted molar refractivity (Wildman–Crippen MR) is 112 cm³/mol. The lowest BCUT2D eigenvalue weighted by Gasteiger charge is -2.32. The van der Waals surface area contributed by atoms with Crippen molar-refractivity contribution in [3.05, 3.63) is 22.5 Å². The molecule has 1 atom stereocenters. The maximum Gasteiger partial charge on any atom is 0.340 e. The average Bonchev–Trinajstić information content (AvgIpc) is 2.95. The summed E-state index contributed by atoms with van der Waals surface area (Å²) in [4.78, 5) is 42.3. The highest BCUT2D eigenvalue weighted by Gasteiger charge is 2.29. The number of carbonyl (C=O) groups excluding carboxylic acids is 3. The fourth-order valence-electron chi connectivity index (χ4n) is 3.74. The first kappa shape index (κ1) is 23.0. The van der Waals surface area contributed by atoms with Gasteiger partial charge in [0.25, 0.3) is 5.91 Å². The summed E-state index contributed by atoms with van der Waals surface area (Å²) in [5.41, 5.74) is 2.17. The number of H-pyrrole nitrogens is 1. The number of aromatic nitrogens is 1. The van der Waals surface area contributed by atoms with Crippen LogP contribution < -0.4 is 5.32 Å². The zero-order valence-electron chi connectivity index (χ0n) is 18.6. The van der Waals surface area contributed by atoms with Gasteiger partial charge in [-0.15, -0.1) is 0 Å². The third-order valence-electron chi connectivity index (χ3n) is 5.59. The van der Waals surface area contributed by atoms with E-state index >= 15 is 0 Å². The van der Waals surface area contributed by atoms with Crippen LogP contribution in [0.4, 0.5) is 0 Å². The molecular formula is C22H35N3O4. The minimum absolute atomic E-state index is 0.0910. The van der Waals surface area contributed by atoms with E-state index in [1.807, 2.05) is 13.8 Å². The lowest BCUT2D eigenvalue weighted by atomic mass is 9.92. The van der Waals surface area contributed by atoms with Gasteiger partial charge >= 0.3 is 5.97 Å². The number of esters is 1. The first-order valence-corrected chi connectivity index (χ1v) is 10.6. The Morgan fingerprint density at radius 2 is 1.79 bits per heavy atom. The van der Waals surface area contributed by atoms with E-state index in [0.29, 0.717) is 47.9 Å². The molecule has 0 radical (unpaired) electrons. The van der Waals surface area contributed by atoms with E-state index in [9.17, 15) is 14.4 Å². The van der Waals surface area contributed by atoms with Crippen LogP contribution in [0, 0.1) is 19.8 Å². The van der Waals surface area contributed by atoms with Gasteiger partial charge in [-0.1, -0.05) is 6.92 Å². The molecular weight excluding hydrogens is 370 g/mol.